The topological polar surface area (TPSA) is 87.1 Å². The van der Waals surface area contributed by atoms with E-state index in [0.29, 0.717) is 6.61 Å². The fourth-order valence-corrected chi connectivity index (χ4v) is 2.04. The van der Waals surface area contributed by atoms with Crippen molar-refractivity contribution < 1.29 is 24.5 Å². The number of hydrogen-bond donors (Lipinski definition) is 2. The van der Waals surface area contributed by atoms with Crippen molar-refractivity contribution in [3.8, 4) is 5.75 Å². The van der Waals surface area contributed by atoms with Crippen LogP contribution in [-0.4, -0.2) is 52.8 Å². The van der Waals surface area contributed by atoms with Gasteiger partial charge in [-0.15, -0.1) is 0 Å². The Kier molecular flexibility index (Phi) is 3.92. The number of morpholine rings is 1. The number of nitrogens with zero attached hydrogens (tertiary/aromatic N) is 1. The third-order valence-electron chi connectivity index (χ3n) is 2.87. The Morgan fingerprint density at radius 2 is 2.16 bits per heavy atom. The maximum absolute atomic E-state index is 12.2. The number of aromatic hydroxyl groups is 1. The summed E-state index contributed by atoms with van der Waals surface area (Å²) in [5.41, 5.74) is 0.232. The summed E-state index contributed by atoms with van der Waals surface area (Å²) in [6, 6.07) is 3.01. The average molecular weight is 286 g/mol. The van der Waals surface area contributed by atoms with Gasteiger partial charge in [-0.3, -0.25) is 4.79 Å². The van der Waals surface area contributed by atoms with E-state index in [1.807, 2.05) is 0 Å². The Bertz CT molecular complexity index is 519. The van der Waals surface area contributed by atoms with Crippen LogP contribution in [-0.2, 0) is 9.53 Å². The number of phenols is 1. The molecule has 1 aliphatic rings. The first kappa shape index (κ1) is 13.6. The summed E-state index contributed by atoms with van der Waals surface area (Å²) in [7, 11) is 0. The summed E-state index contributed by atoms with van der Waals surface area (Å²) >= 11 is 5.73. The highest BCUT2D eigenvalue weighted by Gasteiger charge is 2.33. The molecular formula is C12H12ClNO5. The second kappa shape index (κ2) is 5.46. The summed E-state index contributed by atoms with van der Waals surface area (Å²) in [6.45, 7) is 0.461. The molecule has 0 spiro atoms. The summed E-state index contributed by atoms with van der Waals surface area (Å²) in [4.78, 5) is 24.6. The summed E-state index contributed by atoms with van der Waals surface area (Å²) in [5, 5.41) is 18.4. The maximum Gasteiger partial charge on any atom is 0.328 e. The van der Waals surface area contributed by atoms with Crippen LogP contribution in [0.4, 0.5) is 0 Å². The van der Waals surface area contributed by atoms with Gasteiger partial charge in [-0.1, -0.05) is 11.6 Å². The van der Waals surface area contributed by atoms with Gasteiger partial charge < -0.3 is 19.8 Å². The van der Waals surface area contributed by atoms with E-state index in [1.165, 1.54) is 23.1 Å². The van der Waals surface area contributed by atoms with E-state index in [2.05, 4.69) is 0 Å². The molecule has 1 atom stereocenters. The number of carboxylic acid groups (broad SMARTS) is 1. The molecule has 19 heavy (non-hydrogen) atoms. The predicted octanol–water partition coefficient (Wildman–Crippen LogP) is 0.971. The van der Waals surface area contributed by atoms with Crippen LogP contribution in [0.5, 0.6) is 5.75 Å². The van der Waals surface area contributed by atoms with E-state index in [-0.39, 0.29) is 29.5 Å². The molecule has 1 heterocycles. The lowest BCUT2D eigenvalue weighted by molar-refractivity contribution is -0.147. The summed E-state index contributed by atoms with van der Waals surface area (Å²) in [6.07, 6.45) is 0. The van der Waals surface area contributed by atoms with Crippen molar-refractivity contribution in [3.05, 3.63) is 28.8 Å². The number of halogens is 1. The van der Waals surface area contributed by atoms with Crippen LogP contribution in [0, 0.1) is 0 Å². The van der Waals surface area contributed by atoms with Gasteiger partial charge in [0.05, 0.1) is 18.2 Å². The van der Waals surface area contributed by atoms with Crippen LogP contribution < -0.4 is 0 Å². The first-order valence-electron chi connectivity index (χ1n) is 5.60. The number of benzene rings is 1. The molecule has 102 valence electrons. The van der Waals surface area contributed by atoms with Crippen LogP contribution in [0.15, 0.2) is 18.2 Å². The lowest BCUT2D eigenvalue weighted by atomic mass is 10.1. The maximum atomic E-state index is 12.2. The van der Waals surface area contributed by atoms with E-state index in [9.17, 15) is 14.7 Å². The molecule has 2 N–H and O–H groups in total. The van der Waals surface area contributed by atoms with Crippen molar-refractivity contribution in [2.24, 2.45) is 0 Å². The number of hydrogen-bond acceptors (Lipinski definition) is 4. The van der Waals surface area contributed by atoms with Crippen LogP contribution in [0.2, 0.25) is 5.02 Å². The summed E-state index contributed by atoms with van der Waals surface area (Å²) in [5.74, 6) is -1.69. The number of carbonyl (C=O) groups is 2. The molecule has 1 aromatic carbocycles. The van der Waals surface area contributed by atoms with Gasteiger partial charge in [0.25, 0.3) is 5.91 Å². The highest BCUT2D eigenvalue weighted by molar-refractivity contribution is 6.32. The van der Waals surface area contributed by atoms with Gasteiger partial charge >= 0.3 is 5.97 Å². The number of amides is 1. The van der Waals surface area contributed by atoms with Crippen LogP contribution in [0.1, 0.15) is 10.4 Å². The number of carboxylic acids is 1. The molecule has 1 saturated heterocycles. The lowest BCUT2D eigenvalue weighted by Crippen LogP contribution is -2.52. The molecule has 1 aromatic rings. The van der Waals surface area contributed by atoms with Gasteiger partial charge in [0.15, 0.2) is 6.04 Å². The van der Waals surface area contributed by atoms with Crippen molar-refractivity contribution in [1.82, 2.24) is 4.90 Å². The fraction of sp³-hybridized carbons (Fsp3) is 0.333. The first-order chi connectivity index (χ1) is 9.00. The van der Waals surface area contributed by atoms with Crippen molar-refractivity contribution in [3.63, 3.8) is 0 Å². The SMILES string of the molecule is O=C(O)C1COCCN1C(=O)c1ccc(O)c(Cl)c1. The monoisotopic (exact) mass is 285 g/mol. The van der Waals surface area contributed by atoms with Gasteiger partial charge in [-0.05, 0) is 18.2 Å². The van der Waals surface area contributed by atoms with Crippen molar-refractivity contribution in [1.29, 1.82) is 0 Å². The standard InChI is InChI=1S/C12H12ClNO5/c13-8-5-7(1-2-10(8)15)11(16)14-3-4-19-6-9(14)12(17)18/h1-2,5,9,15H,3-4,6H2,(H,17,18). The average Bonchev–Trinajstić information content (AvgIpc) is 2.41. The second-order valence-electron chi connectivity index (χ2n) is 4.09. The van der Waals surface area contributed by atoms with Crippen molar-refractivity contribution in [2.45, 2.75) is 6.04 Å². The molecule has 1 fully saturated rings. The zero-order valence-corrected chi connectivity index (χ0v) is 10.6. The molecule has 0 saturated carbocycles. The Labute approximate surface area is 114 Å². The molecular weight excluding hydrogens is 274 g/mol. The van der Waals surface area contributed by atoms with Gasteiger partial charge in [0.1, 0.15) is 5.75 Å². The largest absolute Gasteiger partial charge is 0.506 e. The zero-order valence-electron chi connectivity index (χ0n) is 9.88. The zero-order chi connectivity index (χ0) is 14.0. The highest BCUT2D eigenvalue weighted by atomic mass is 35.5. The molecule has 6 nitrogen and oxygen atoms in total. The third-order valence-corrected chi connectivity index (χ3v) is 3.17. The van der Waals surface area contributed by atoms with E-state index >= 15 is 0 Å². The predicted molar refractivity (Wildman–Crippen MR) is 66.4 cm³/mol. The number of ether oxygens (including phenoxy) is 1. The fourth-order valence-electron chi connectivity index (χ4n) is 1.86. The normalized spacial score (nSPS) is 19.2. The Hall–Kier alpha value is -1.79. The van der Waals surface area contributed by atoms with Crippen molar-refractivity contribution >= 4 is 23.5 Å². The first-order valence-corrected chi connectivity index (χ1v) is 5.98. The van der Waals surface area contributed by atoms with E-state index in [1.54, 1.807) is 0 Å². The van der Waals surface area contributed by atoms with E-state index in [0.717, 1.165) is 0 Å². The van der Waals surface area contributed by atoms with Gasteiger partial charge in [0.2, 0.25) is 0 Å². The second-order valence-corrected chi connectivity index (χ2v) is 4.50. The van der Waals surface area contributed by atoms with Crippen LogP contribution >= 0.6 is 11.6 Å². The number of carbonyl (C=O) groups excluding carboxylic acids is 1. The Morgan fingerprint density at radius 1 is 1.42 bits per heavy atom. The van der Waals surface area contributed by atoms with Gasteiger partial charge in [-0.25, -0.2) is 4.79 Å². The minimum absolute atomic E-state index is 0.0348. The number of rotatable bonds is 2. The lowest BCUT2D eigenvalue weighted by Gasteiger charge is -2.32. The minimum atomic E-state index is -1.11. The molecule has 1 amide bonds. The number of phenolic OH excluding ortho intramolecular Hbond substituents is 1. The summed E-state index contributed by atoms with van der Waals surface area (Å²) < 4.78 is 5.06. The molecule has 0 bridgehead atoms. The van der Waals surface area contributed by atoms with Crippen LogP contribution in [0.3, 0.4) is 0 Å². The highest BCUT2D eigenvalue weighted by Crippen LogP contribution is 2.25. The molecule has 0 radical (unpaired) electrons. The Morgan fingerprint density at radius 3 is 2.79 bits per heavy atom. The van der Waals surface area contributed by atoms with Gasteiger partial charge in [-0.2, -0.15) is 0 Å². The quantitative estimate of drug-likeness (QED) is 0.845. The molecule has 1 aliphatic heterocycles. The molecule has 1 unspecified atom stereocenters. The van der Waals surface area contributed by atoms with Gasteiger partial charge in [0, 0.05) is 12.1 Å². The van der Waals surface area contributed by atoms with E-state index in [4.69, 9.17) is 21.4 Å². The minimum Gasteiger partial charge on any atom is -0.506 e. The number of aliphatic carboxylic acids is 1. The molecule has 0 aliphatic carbocycles. The van der Waals surface area contributed by atoms with E-state index < -0.39 is 17.9 Å². The van der Waals surface area contributed by atoms with Crippen LogP contribution in [0.25, 0.3) is 0 Å². The molecule has 2 rings (SSSR count). The smallest absolute Gasteiger partial charge is 0.328 e. The molecule has 7 heteroatoms. The molecule has 0 aromatic heterocycles. The van der Waals surface area contributed by atoms with Crippen molar-refractivity contribution in [2.75, 3.05) is 19.8 Å². The third kappa shape index (κ3) is 2.80. The Balaban J connectivity index is 2.26.